The third-order valence-electron chi connectivity index (χ3n) is 4.64. The fraction of sp³-hybridized carbons (Fsp3) is 0.227. The topological polar surface area (TPSA) is 93.5 Å². The highest BCUT2D eigenvalue weighted by molar-refractivity contribution is 5.95. The Morgan fingerprint density at radius 2 is 1.93 bits per heavy atom. The van der Waals surface area contributed by atoms with E-state index in [0.29, 0.717) is 22.7 Å². The zero-order valence-electron chi connectivity index (χ0n) is 16.2. The minimum atomic E-state index is -0.233. The van der Waals surface area contributed by atoms with Crippen molar-refractivity contribution in [3.05, 3.63) is 65.4 Å². The summed E-state index contributed by atoms with van der Waals surface area (Å²) in [6.45, 7) is 3.72. The van der Waals surface area contributed by atoms with E-state index in [4.69, 9.17) is 9.26 Å². The van der Waals surface area contributed by atoms with E-state index in [2.05, 4.69) is 15.8 Å². The van der Waals surface area contributed by atoms with E-state index in [1.807, 2.05) is 25.1 Å². The molecule has 1 aliphatic rings. The Hall–Kier alpha value is -3.61. The van der Waals surface area contributed by atoms with Gasteiger partial charge in [0.25, 0.3) is 5.91 Å². The monoisotopic (exact) mass is 391 g/mol. The quantitative estimate of drug-likeness (QED) is 0.694. The van der Waals surface area contributed by atoms with Crippen LogP contribution >= 0.6 is 0 Å². The molecule has 0 fully saturated rings. The van der Waals surface area contributed by atoms with Crippen molar-refractivity contribution >= 4 is 17.5 Å². The highest BCUT2D eigenvalue weighted by Crippen LogP contribution is 2.33. The zero-order chi connectivity index (χ0) is 20.4. The Balaban J connectivity index is 1.38. The lowest BCUT2D eigenvalue weighted by molar-refractivity contribution is -0.114. The fourth-order valence-corrected chi connectivity index (χ4v) is 3.27. The number of anilines is 1. The molecule has 2 amide bonds. The van der Waals surface area contributed by atoms with Crippen molar-refractivity contribution in [3.8, 4) is 17.1 Å². The van der Waals surface area contributed by atoms with Gasteiger partial charge in [0.15, 0.2) is 5.76 Å². The van der Waals surface area contributed by atoms with Crippen molar-refractivity contribution in [1.29, 1.82) is 0 Å². The van der Waals surface area contributed by atoms with Crippen LogP contribution in [0.25, 0.3) is 11.3 Å². The van der Waals surface area contributed by atoms with E-state index in [1.54, 1.807) is 30.3 Å². The molecule has 1 aliphatic heterocycles. The molecule has 0 saturated heterocycles. The van der Waals surface area contributed by atoms with Crippen LogP contribution in [0.1, 0.15) is 35.5 Å². The number of rotatable bonds is 5. The number of carbonyl (C=O) groups excluding carboxylic acids is 2. The third-order valence-corrected chi connectivity index (χ3v) is 4.64. The number of carbonyl (C=O) groups is 2. The molecule has 2 N–H and O–H groups in total. The van der Waals surface area contributed by atoms with E-state index < -0.39 is 0 Å². The van der Waals surface area contributed by atoms with Gasteiger partial charge in [0.05, 0.1) is 6.54 Å². The van der Waals surface area contributed by atoms with Gasteiger partial charge >= 0.3 is 0 Å². The summed E-state index contributed by atoms with van der Waals surface area (Å²) in [7, 11) is 0. The molecule has 29 heavy (non-hydrogen) atoms. The lowest BCUT2D eigenvalue weighted by atomic mass is 10.1. The van der Waals surface area contributed by atoms with Gasteiger partial charge in [0.1, 0.15) is 17.5 Å². The van der Waals surface area contributed by atoms with Crippen molar-refractivity contribution in [1.82, 2.24) is 10.5 Å². The first-order valence-corrected chi connectivity index (χ1v) is 9.39. The fourth-order valence-electron chi connectivity index (χ4n) is 3.27. The summed E-state index contributed by atoms with van der Waals surface area (Å²) in [6.07, 6.45) is 1.10. The highest BCUT2D eigenvalue weighted by atomic mass is 16.5. The maximum Gasteiger partial charge on any atom is 0.251 e. The van der Waals surface area contributed by atoms with Crippen molar-refractivity contribution < 1.29 is 18.8 Å². The smallest absolute Gasteiger partial charge is 0.251 e. The molecule has 3 aromatic rings. The molecule has 1 atom stereocenters. The molecule has 1 unspecified atom stereocenters. The lowest BCUT2D eigenvalue weighted by Crippen LogP contribution is -2.22. The molecule has 7 nitrogen and oxygen atoms in total. The maximum atomic E-state index is 12.3. The second kappa shape index (κ2) is 7.79. The van der Waals surface area contributed by atoms with Gasteiger partial charge in [0, 0.05) is 36.2 Å². The average molecular weight is 391 g/mol. The molecule has 7 heteroatoms. The summed E-state index contributed by atoms with van der Waals surface area (Å²) in [5.74, 6) is 1.11. The molecule has 0 saturated carbocycles. The predicted molar refractivity (Wildman–Crippen MR) is 108 cm³/mol. The number of nitrogens with one attached hydrogen (secondary N) is 2. The van der Waals surface area contributed by atoms with Crippen LogP contribution in [0.5, 0.6) is 5.75 Å². The van der Waals surface area contributed by atoms with E-state index in [-0.39, 0.29) is 24.5 Å². The number of ether oxygens (including phenoxy) is 1. The number of fused-ring (bicyclic) bond motifs is 1. The summed E-state index contributed by atoms with van der Waals surface area (Å²) in [5.41, 5.74) is 3.84. The lowest BCUT2D eigenvalue weighted by Gasteiger charge is -2.05. The first-order valence-electron chi connectivity index (χ1n) is 9.39. The van der Waals surface area contributed by atoms with Crippen LogP contribution in [0, 0.1) is 0 Å². The number of nitrogens with zero attached hydrogens (tertiary/aromatic N) is 1. The molecule has 1 aromatic heterocycles. The van der Waals surface area contributed by atoms with Gasteiger partial charge in [-0.05, 0) is 42.8 Å². The number of hydrogen-bond donors (Lipinski definition) is 2. The van der Waals surface area contributed by atoms with Gasteiger partial charge in [-0.2, -0.15) is 0 Å². The summed E-state index contributed by atoms with van der Waals surface area (Å²) in [6, 6.07) is 14.5. The summed E-state index contributed by atoms with van der Waals surface area (Å²) in [5, 5.41) is 9.51. The van der Waals surface area contributed by atoms with Crippen LogP contribution in [0.3, 0.4) is 0 Å². The molecular weight excluding hydrogens is 370 g/mol. The molecule has 0 radical (unpaired) electrons. The van der Waals surface area contributed by atoms with Crippen molar-refractivity contribution in [2.24, 2.45) is 0 Å². The SMILES string of the molecule is CC(=O)Nc1ccc(C(=O)NCc2cc(-c3ccc4c(c3)OC(C)C4)on2)cc1. The largest absolute Gasteiger partial charge is 0.490 e. The second-order valence-corrected chi connectivity index (χ2v) is 7.08. The van der Waals surface area contributed by atoms with Crippen molar-refractivity contribution in [3.63, 3.8) is 0 Å². The Labute approximate surface area is 168 Å². The molecular formula is C22H21N3O4. The number of aromatic nitrogens is 1. The van der Waals surface area contributed by atoms with Gasteiger partial charge in [-0.1, -0.05) is 17.3 Å². The van der Waals surface area contributed by atoms with Gasteiger partial charge in [-0.3, -0.25) is 9.59 Å². The van der Waals surface area contributed by atoms with Crippen molar-refractivity contribution in [2.45, 2.75) is 32.9 Å². The average Bonchev–Trinajstić information content (AvgIpc) is 3.31. The second-order valence-electron chi connectivity index (χ2n) is 7.08. The molecule has 0 bridgehead atoms. The molecule has 148 valence electrons. The maximum absolute atomic E-state index is 12.3. The van der Waals surface area contributed by atoms with E-state index >= 15 is 0 Å². The van der Waals surface area contributed by atoms with Crippen LogP contribution in [0.4, 0.5) is 5.69 Å². The van der Waals surface area contributed by atoms with E-state index in [1.165, 1.54) is 12.5 Å². The molecule has 2 heterocycles. The number of amides is 2. The number of benzene rings is 2. The van der Waals surface area contributed by atoms with Crippen LogP contribution in [0.15, 0.2) is 53.1 Å². The molecule has 2 aromatic carbocycles. The van der Waals surface area contributed by atoms with Gasteiger partial charge < -0.3 is 19.9 Å². The van der Waals surface area contributed by atoms with Crippen LogP contribution in [0.2, 0.25) is 0 Å². The standard InChI is InChI=1S/C22H21N3O4/c1-13-9-16-3-4-17(10-20(16)28-13)21-11-19(25-29-21)12-23-22(27)15-5-7-18(8-6-15)24-14(2)26/h3-8,10-11,13H,9,12H2,1-2H3,(H,23,27)(H,24,26). The summed E-state index contributed by atoms with van der Waals surface area (Å²) < 4.78 is 11.2. The summed E-state index contributed by atoms with van der Waals surface area (Å²) in [4.78, 5) is 23.4. The van der Waals surface area contributed by atoms with Crippen LogP contribution in [-0.4, -0.2) is 23.1 Å². The zero-order valence-corrected chi connectivity index (χ0v) is 16.2. The molecule has 0 aliphatic carbocycles. The van der Waals surface area contributed by atoms with Crippen molar-refractivity contribution in [2.75, 3.05) is 5.32 Å². The Morgan fingerprint density at radius 1 is 1.14 bits per heavy atom. The molecule has 0 spiro atoms. The minimum Gasteiger partial charge on any atom is -0.490 e. The van der Waals surface area contributed by atoms with Crippen LogP contribution in [-0.2, 0) is 17.8 Å². The van der Waals surface area contributed by atoms with Gasteiger partial charge in [-0.25, -0.2) is 0 Å². The Morgan fingerprint density at radius 3 is 2.69 bits per heavy atom. The van der Waals surface area contributed by atoms with Gasteiger partial charge in [0.2, 0.25) is 5.91 Å². The minimum absolute atomic E-state index is 0.159. The first kappa shape index (κ1) is 18.7. The van der Waals surface area contributed by atoms with E-state index in [9.17, 15) is 9.59 Å². The van der Waals surface area contributed by atoms with Gasteiger partial charge in [-0.15, -0.1) is 0 Å². The molecule has 4 rings (SSSR count). The van der Waals surface area contributed by atoms with E-state index in [0.717, 1.165) is 17.7 Å². The third kappa shape index (κ3) is 4.29. The normalized spacial score (nSPS) is 14.8. The van der Waals surface area contributed by atoms with Crippen LogP contribution < -0.4 is 15.4 Å². The number of hydrogen-bond acceptors (Lipinski definition) is 5. The predicted octanol–water partition coefficient (Wildman–Crippen LogP) is 3.55. The Kier molecular flexibility index (Phi) is 5.03. The summed E-state index contributed by atoms with van der Waals surface area (Å²) >= 11 is 0. The Bertz CT molecular complexity index is 1060. The highest BCUT2D eigenvalue weighted by Gasteiger charge is 2.20. The first-order chi connectivity index (χ1) is 14.0.